The zero-order chi connectivity index (χ0) is 21.2. The average Bonchev–Trinajstić information content (AvgIpc) is 3.15. The molecule has 0 atom stereocenters. The number of hydrogen-bond donors (Lipinski definition) is 2. The van der Waals surface area contributed by atoms with Gasteiger partial charge in [-0.15, -0.1) is 11.3 Å². The molecule has 0 unspecified atom stereocenters. The first-order valence-corrected chi connectivity index (χ1v) is 10.4. The molecule has 0 aliphatic rings. The molecule has 0 saturated heterocycles. The van der Waals surface area contributed by atoms with Crippen LogP contribution < -0.4 is 20.1 Å². The van der Waals surface area contributed by atoms with Gasteiger partial charge in [0.25, 0.3) is 0 Å². The van der Waals surface area contributed by atoms with Crippen LogP contribution >= 0.6 is 11.3 Å². The maximum atomic E-state index is 12.8. The fraction of sp³-hybridized carbons (Fsp3) is 0.500. The molecule has 0 amide bonds. The van der Waals surface area contributed by atoms with Crippen molar-refractivity contribution < 1.29 is 18.3 Å². The van der Waals surface area contributed by atoms with Gasteiger partial charge in [-0.2, -0.15) is 8.78 Å². The number of thiazole rings is 1. The topological polar surface area (TPSA) is 67.8 Å². The highest BCUT2D eigenvalue weighted by atomic mass is 32.1. The maximum absolute atomic E-state index is 12.8. The zero-order valence-corrected chi connectivity index (χ0v) is 18.0. The summed E-state index contributed by atoms with van der Waals surface area (Å²) in [6, 6.07) is 5.06. The van der Waals surface area contributed by atoms with E-state index >= 15 is 0 Å². The molecule has 0 aliphatic heterocycles. The number of nitrogens with one attached hydrogen (secondary N) is 2. The second-order valence-electron chi connectivity index (χ2n) is 6.49. The molecular weight excluding hydrogens is 398 g/mol. The van der Waals surface area contributed by atoms with Crippen LogP contribution in [0.3, 0.4) is 0 Å². The number of aromatic nitrogens is 1. The number of halogens is 2. The SMILES string of the molecule is CCOc1cccc(CNC(=NC)NCCc2csc(C(C)C)n2)c1OC(F)F. The molecule has 1 heterocycles. The van der Waals surface area contributed by atoms with Gasteiger partial charge in [-0.1, -0.05) is 26.0 Å². The van der Waals surface area contributed by atoms with E-state index in [0.29, 0.717) is 36.3 Å². The lowest BCUT2D eigenvalue weighted by atomic mass is 10.2. The minimum Gasteiger partial charge on any atom is -0.490 e. The van der Waals surface area contributed by atoms with Gasteiger partial charge in [0.15, 0.2) is 17.5 Å². The van der Waals surface area contributed by atoms with Crippen LogP contribution in [0.1, 0.15) is 43.0 Å². The number of para-hydroxylation sites is 1. The van der Waals surface area contributed by atoms with Crippen LogP contribution in [0, 0.1) is 0 Å². The highest BCUT2D eigenvalue weighted by molar-refractivity contribution is 7.09. The van der Waals surface area contributed by atoms with Crippen LogP contribution in [0.25, 0.3) is 0 Å². The molecule has 0 aliphatic carbocycles. The van der Waals surface area contributed by atoms with Gasteiger partial charge >= 0.3 is 6.61 Å². The largest absolute Gasteiger partial charge is 0.490 e. The Bertz CT molecular complexity index is 797. The molecule has 2 rings (SSSR count). The Morgan fingerprint density at radius 1 is 1.28 bits per heavy atom. The lowest BCUT2D eigenvalue weighted by molar-refractivity contribution is -0.0520. The predicted molar refractivity (Wildman–Crippen MR) is 112 cm³/mol. The van der Waals surface area contributed by atoms with Gasteiger partial charge in [-0.05, 0) is 13.0 Å². The third kappa shape index (κ3) is 7.16. The van der Waals surface area contributed by atoms with E-state index in [1.54, 1.807) is 43.5 Å². The molecule has 6 nitrogen and oxygen atoms in total. The summed E-state index contributed by atoms with van der Waals surface area (Å²) in [5.41, 5.74) is 1.60. The van der Waals surface area contributed by atoms with Crippen molar-refractivity contribution in [3.05, 3.63) is 39.8 Å². The molecule has 29 heavy (non-hydrogen) atoms. The summed E-state index contributed by atoms with van der Waals surface area (Å²) in [5.74, 6) is 1.32. The fourth-order valence-electron chi connectivity index (χ4n) is 2.60. The standard InChI is InChI=1S/C20H28F2N4O2S/c1-5-27-16-8-6-7-14(17(16)28-19(21)22)11-25-20(23-4)24-10-9-15-12-29-18(26-15)13(2)3/h6-8,12-13,19H,5,9-11H2,1-4H3,(H2,23,24,25). The highest BCUT2D eigenvalue weighted by Gasteiger charge is 2.16. The Kier molecular flexibility index (Phi) is 9.11. The summed E-state index contributed by atoms with van der Waals surface area (Å²) in [7, 11) is 1.65. The first kappa shape index (κ1) is 22.9. The molecule has 1 aromatic carbocycles. The average molecular weight is 427 g/mol. The minimum atomic E-state index is -2.93. The van der Waals surface area contributed by atoms with Gasteiger partial charge in [-0.3, -0.25) is 4.99 Å². The van der Waals surface area contributed by atoms with Crippen LogP contribution in [0.5, 0.6) is 11.5 Å². The first-order valence-electron chi connectivity index (χ1n) is 9.52. The Labute approximate surface area is 174 Å². The lowest BCUT2D eigenvalue weighted by Gasteiger charge is -2.17. The normalized spacial score (nSPS) is 11.8. The molecule has 0 radical (unpaired) electrons. The molecule has 0 saturated carbocycles. The third-order valence-corrected chi connectivity index (χ3v) is 5.17. The fourth-order valence-corrected chi connectivity index (χ4v) is 3.47. The summed E-state index contributed by atoms with van der Waals surface area (Å²) < 4.78 is 35.7. The van der Waals surface area contributed by atoms with Crippen molar-refractivity contribution in [2.75, 3.05) is 20.2 Å². The number of benzene rings is 1. The summed E-state index contributed by atoms with van der Waals surface area (Å²) in [6.07, 6.45) is 0.767. The van der Waals surface area contributed by atoms with Crippen LogP contribution in [0.4, 0.5) is 8.78 Å². The van der Waals surface area contributed by atoms with Gasteiger partial charge in [0.1, 0.15) is 0 Å². The van der Waals surface area contributed by atoms with E-state index < -0.39 is 6.61 Å². The Balaban J connectivity index is 1.93. The zero-order valence-electron chi connectivity index (χ0n) is 17.2. The van der Waals surface area contributed by atoms with Gasteiger partial charge in [0.2, 0.25) is 0 Å². The van der Waals surface area contributed by atoms with Crippen LogP contribution in [-0.2, 0) is 13.0 Å². The van der Waals surface area contributed by atoms with E-state index in [4.69, 9.17) is 4.74 Å². The molecule has 0 fully saturated rings. The second-order valence-corrected chi connectivity index (χ2v) is 7.38. The summed E-state index contributed by atoms with van der Waals surface area (Å²) in [6.45, 7) is 4.38. The lowest BCUT2D eigenvalue weighted by Crippen LogP contribution is -2.38. The van der Waals surface area contributed by atoms with E-state index in [1.165, 1.54) is 0 Å². The van der Waals surface area contributed by atoms with E-state index in [9.17, 15) is 8.78 Å². The number of nitrogens with zero attached hydrogens (tertiary/aromatic N) is 2. The number of hydrogen-bond acceptors (Lipinski definition) is 5. The van der Waals surface area contributed by atoms with Gasteiger partial charge in [0, 0.05) is 43.4 Å². The highest BCUT2D eigenvalue weighted by Crippen LogP contribution is 2.32. The van der Waals surface area contributed by atoms with Crippen molar-refractivity contribution in [1.29, 1.82) is 0 Å². The van der Waals surface area contributed by atoms with E-state index in [-0.39, 0.29) is 12.3 Å². The van der Waals surface area contributed by atoms with Crippen LogP contribution in [0.15, 0.2) is 28.6 Å². The van der Waals surface area contributed by atoms with Crippen molar-refractivity contribution in [3.63, 3.8) is 0 Å². The number of rotatable bonds is 10. The Morgan fingerprint density at radius 3 is 2.69 bits per heavy atom. The number of alkyl halides is 2. The van der Waals surface area contributed by atoms with Crippen molar-refractivity contribution in [1.82, 2.24) is 15.6 Å². The third-order valence-electron chi connectivity index (χ3n) is 3.97. The summed E-state index contributed by atoms with van der Waals surface area (Å²) in [4.78, 5) is 8.78. The smallest absolute Gasteiger partial charge is 0.387 e. The molecule has 2 aromatic rings. The quantitative estimate of drug-likeness (QED) is 0.441. The molecule has 9 heteroatoms. The number of aliphatic imine (C=N–C) groups is 1. The van der Waals surface area contributed by atoms with Gasteiger partial charge in [0.05, 0.1) is 17.3 Å². The van der Waals surface area contributed by atoms with Crippen molar-refractivity contribution >= 4 is 17.3 Å². The molecular formula is C20H28F2N4O2S. The number of guanidine groups is 1. The van der Waals surface area contributed by atoms with E-state index in [1.807, 2.05) is 0 Å². The first-order chi connectivity index (χ1) is 13.9. The second kappa shape index (κ2) is 11.5. The van der Waals surface area contributed by atoms with Crippen LogP contribution in [-0.4, -0.2) is 37.8 Å². The number of ether oxygens (including phenoxy) is 2. The maximum Gasteiger partial charge on any atom is 0.387 e. The monoisotopic (exact) mass is 426 g/mol. The van der Waals surface area contributed by atoms with Gasteiger partial charge < -0.3 is 20.1 Å². The Hall–Kier alpha value is -2.42. The summed E-state index contributed by atoms with van der Waals surface area (Å²) in [5, 5.41) is 9.53. The minimum absolute atomic E-state index is 0.0380. The molecule has 2 N–H and O–H groups in total. The summed E-state index contributed by atoms with van der Waals surface area (Å²) >= 11 is 1.67. The molecule has 1 aromatic heterocycles. The van der Waals surface area contributed by atoms with Gasteiger partial charge in [-0.25, -0.2) is 4.98 Å². The van der Waals surface area contributed by atoms with Crippen LogP contribution in [0.2, 0.25) is 0 Å². The molecule has 0 bridgehead atoms. The van der Waals surface area contributed by atoms with Crippen molar-refractivity contribution in [3.8, 4) is 11.5 Å². The predicted octanol–water partition coefficient (Wildman–Crippen LogP) is 4.17. The molecule has 160 valence electrons. The van der Waals surface area contributed by atoms with E-state index in [0.717, 1.165) is 17.1 Å². The van der Waals surface area contributed by atoms with E-state index in [2.05, 4.69) is 44.6 Å². The molecule has 0 spiro atoms. The van der Waals surface area contributed by atoms with Crippen molar-refractivity contribution in [2.24, 2.45) is 4.99 Å². The van der Waals surface area contributed by atoms with Crippen molar-refractivity contribution in [2.45, 2.75) is 46.3 Å². The Morgan fingerprint density at radius 2 is 2.07 bits per heavy atom.